The average Bonchev–Trinajstić information content (AvgIpc) is 1.78. The van der Waals surface area contributed by atoms with E-state index in [9.17, 15) is 0 Å². The molecule has 1 fully saturated rings. The molecule has 1 rings (SSSR count). The van der Waals surface area contributed by atoms with E-state index in [1.165, 1.54) is 0 Å². The molecule has 0 aromatic heterocycles. The van der Waals surface area contributed by atoms with Gasteiger partial charge in [0.1, 0.15) is 0 Å². The fourth-order valence-corrected chi connectivity index (χ4v) is 2.13. The summed E-state index contributed by atoms with van der Waals surface area (Å²) in [6, 6.07) is 0.576. The van der Waals surface area contributed by atoms with Crippen molar-refractivity contribution in [3.63, 3.8) is 0 Å². The Kier molecular flexibility index (Phi) is 3.41. The molecule has 0 amide bonds. The molecule has 2 nitrogen and oxygen atoms in total. The molecule has 1 aliphatic rings. The molecule has 1 saturated heterocycles. The van der Waals surface area contributed by atoms with Gasteiger partial charge in [0, 0.05) is 5.60 Å². The second-order valence-corrected chi connectivity index (χ2v) is 5.27. The molecule has 0 saturated carbocycles. The van der Waals surface area contributed by atoms with Crippen molar-refractivity contribution in [2.24, 2.45) is 5.92 Å². The smallest absolute Gasteiger partial charge is 0.380 e. The Morgan fingerprint density at radius 2 is 2.15 bits per heavy atom. The summed E-state index contributed by atoms with van der Waals surface area (Å²) in [5.41, 5.74) is 0.0459. The van der Waals surface area contributed by atoms with Gasteiger partial charge in [0.15, 0.2) is 0 Å². The molecule has 1 aliphatic heterocycles. The first kappa shape index (κ1) is 11.1. The van der Waals surface area contributed by atoms with Crippen LogP contribution in [0.25, 0.3) is 0 Å². The predicted molar refractivity (Wildman–Crippen MR) is 57.8 cm³/mol. The molecule has 0 aromatic rings. The van der Waals surface area contributed by atoms with Crippen LogP contribution in [0.3, 0.4) is 0 Å². The summed E-state index contributed by atoms with van der Waals surface area (Å²) >= 11 is 0. The average molecular weight is 183 g/mol. The molecule has 1 atom stereocenters. The van der Waals surface area contributed by atoms with Gasteiger partial charge in [0.05, 0.1) is 0 Å². The molecule has 3 heteroatoms. The Morgan fingerprint density at radius 3 is 2.62 bits per heavy atom. The zero-order valence-electron chi connectivity index (χ0n) is 9.55. The van der Waals surface area contributed by atoms with Crippen molar-refractivity contribution in [2.75, 3.05) is 0 Å². The van der Waals surface area contributed by atoms with Crippen LogP contribution in [0.4, 0.5) is 0 Å². The zero-order chi connectivity index (χ0) is 10.1. The van der Waals surface area contributed by atoms with Crippen molar-refractivity contribution in [3.05, 3.63) is 0 Å². The Morgan fingerprint density at radius 1 is 1.54 bits per heavy atom. The normalized spacial score (nSPS) is 28.2. The van der Waals surface area contributed by atoms with E-state index in [1.807, 2.05) is 0 Å². The van der Waals surface area contributed by atoms with Gasteiger partial charge in [-0.15, -0.1) is 0 Å². The molecule has 0 radical (unpaired) electrons. The minimum atomic E-state index is 0.0459. The molecule has 0 spiro atoms. The second-order valence-electron chi connectivity index (χ2n) is 5.27. The summed E-state index contributed by atoms with van der Waals surface area (Å²) in [7, 11) is 0.249. The van der Waals surface area contributed by atoms with Crippen molar-refractivity contribution in [2.45, 2.75) is 59.0 Å². The summed E-state index contributed by atoms with van der Waals surface area (Å²) in [5.74, 6) is 0.693. The summed E-state index contributed by atoms with van der Waals surface area (Å²) in [6.45, 7) is 11.1. The van der Waals surface area contributed by atoms with E-state index < -0.39 is 0 Å². The van der Waals surface area contributed by atoms with Gasteiger partial charge in [0.25, 0.3) is 0 Å². The highest BCUT2D eigenvalue weighted by Gasteiger charge is 2.35. The van der Waals surface area contributed by atoms with Gasteiger partial charge in [-0.2, -0.15) is 0 Å². The van der Waals surface area contributed by atoms with Crippen molar-refractivity contribution < 1.29 is 4.65 Å². The van der Waals surface area contributed by atoms with Gasteiger partial charge >= 0.3 is 7.05 Å². The Labute approximate surface area is 82.6 Å². The maximum atomic E-state index is 5.94. The van der Waals surface area contributed by atoms with E-state index in [0.717, 1.165) is 12.7 Å². The van der Waals surface area contributed by atoms with Crippen LogP contribution in [0, 0.1) is 5.92 Å². The zero-order valence-corrected chi connectivity index (χ0v) is 9.55. The van der Waals surface area contributed by atoms with Crippen LogP contribution < -0.4 is 5.23 Å². The fourth-order valence-electron chi connectivity index (χ4n) is 2.13. The van der Waals surface area contributed by atoms with E-state index in [1.54, 1.807) is 0 Å². The molecule has 0 aliphatic carbocycles. The Bertz CT molecular complexity index is 168. The van der Waals surface area contributed by atoms with Gasteiger partial charge in [-0.25, -0.2) is 0 Å². The van der Waals surface area contributed by atoms with Crippen molar-refractivity contribution in [1.82, 2.24) is 5.23 Å². The summed E-state index contributed by atoms with van der Waals surface area (Å²) in [6.07, 6.45) is 2.20. The predicted octanol–water partition coefficient (Wildman–Crippen LogP) is 2.31. The minimum absolute atomic E-state index is 0.0459. The first-order valence-electron chi connectivity index (χ1n) is 5.33. The number of nitrogens with one attached hydrogen (secondary N) is 1. The van der Waals surface area contributed by atoms with Crippen molar-refractivity contribution in [1.29, 1.82) is 0 Å². The third-order valence-corrected chi connectivity index (χ3v) is 2.41. The largest absolute Gasteiger partial charge is 0.416 e. The van der Waals surface area contributed by atoms with Gasteiger partial charge in [0.2, 0.25) is 0 Å². The SMILES string of the molecule is CC(C)CB1NC(C)CC(C)(C)O1. The number of rotatable bonds is 2. The standard InChI is InChI=1S/C10H22BNO/c1-8(2)7-11-12-9(3)6-10(4,5)13-11/h8-9,12H,6-7H2,1-5H3. The molecule has 1 unspecified atom stereocenters. The maximum Gasteiger partial charge on any atom is 0.380 e. The molecule has 13 heavy (non-hydrogen) atoms. The topological polar surface area (TPSA) is 21.3 Å². The van der Waals surface area contributed by atoms with Crippen LogP contribution in [0.1, 0.15) is 41.0 Å². The van der Waals surface area contributed by atoms with E-state index >= 15 is 0 Å². The third-order valence-electron chi connectivity index (χ3n) is 2.41. The van der Waals surface area contributed by atoms with Crippen LogP contribution in [-0.2, 0) is 4.65 Å². The van der Waals surface area contributed by atoms with Gasteiger partial charge < -0.3 is 9.88 Å². The molecule has 76 valence electrons. The van der Waals surface area contributed by atoms with Crippen molar-refractivity contribution in [3.8, 4) is 0 Å². The fraction of sp³-hybridized carbons (Fsp3) is 1.00. The van der Waals surface area contributed by atoms with Gasteiger partial charge in [-0.1, -0.05) is 20.8 Å². The highest BCUT2D eigenvalue weighted by atomic mass is 16.5. The van der Waals surface area contributed by atoms with E-state index in [2.05, 4.69) is 39.8 Å². The van der Waals surface area contributed by atoms with E-state index in [0.29, 0.717) is 12.0 Å². The van der Waals surface area contributed by atoms with Crippen LogP contribution in [0.2, 0.25) is 6.32 Å². The van der Waals surface area contributed by atoms with Crippen LogP contribution in [0.5, 0.6) is 0 Å². The lowest BCUT2D eigenvalue weighted by Gasteiger charge is -2.39. The minimum Gasteiger partial charge on any atom is -0.416 e. The molecule has 1 N–H and O–H groups in total. The van der Waals surface area contributed by atoms with E-state index in [4.69, 9.17) is 4.65 Å². The monoisotopic (exact) mass is 183 g/mol. The molecule has 0 bridgehead atoms. The summed E-state index contributed by atoms with van der Waals surface area (Å²) in [4.78, 5) is 0. The van der Waals surface area contributed by atoms with E-state index in [-0.39, 0.29) is 12.7 Å². The van der Waals surface area contributed by atoms with Crippen molar-refractivity contribution >= 4 is 7.05 Å². The van der Waals surface area contributed by atoms with Crippen LogP contribution in [-0.4, -0.2) is 18.7 Å². The highest BCUT2D eigenvalue weighted by Crippen LogP contribution is 2.24. The molecule has 1 heterocycles. The Hall–Kier alpha value is -0.0151. The molecule has 0 aromatic carbocycles. The summed E-state index contributed by atoms with van der Waals surface area (Å²) < 4.78 is 5.94. The highest BCUT2D eigenvalue weighted by molar-refractivity contribution is 6.49. The second kappa shape index (κ2) is 4.01. The summed E-state index contributed by atoms with van der Waals surface area (Å²) in [5, 5.41) is 3.48. The number of hydrogen-bond donors (Lipinski definition) is 1. The third kappa shape index (κ3) is 3.69. The lowest BCUT2D eigenvalue weighted by atomic mass is 9.69. The van der Waals surface area contributed by atoms with Crippen LogP contribution >= 0.6 is 0 Å². The van der Waals surface area contributed by atoms with Crippen LogP contribution in [0.15, 0.2) is 0 Å². The maximum absolute atomic E-state index is 5.94. The first-order chi connectivity index (χ1) is 5.89. The number of hydrogen-bond acceptors (Lipinski definition) is 2. The Balaban J connectivity index is 2.48. The lowest BCUT2D eigenvalue weighted by Crippen LogP contribution is -2.55. The van der Waals surface area contributed by atoms with Gasteiger partial charge in [-0.3, -0.25) is 0 Å². The van der Waals surface area contributed by atoms with Gasteiger partial charge in [-0.05, 0) is 38.5 Å². The first-order valence-corrected chi connectivity index (χ1v) is 5.33. The lowest BCUT2D eigenvalue weighted by molar-refractivity contribution is 0.0611. The quantitative estimate of drug-likeness (QED) is 0.663. The molecular formula is C10H22BNO. The molecular weight excluding hydrogens is 161 g/mol.